The molecular formula is C21H28N2O3S3. The SMILES string of the molecule is Oc1c(CN2CCC(O)CC2)cc(-c2cc(=S)ss2)cc1CN1CCC(O)CC1. The highest BCUT2D eigenvalue weighted by Crippen LogP contribution is 2.36. The van der Waals surface area contributed by atoms with Crippen molar-refractivity contribution in [3.8, 4) is 16.2 Å². The Labute approximate surface area is 184 Å². The molecule has 2 fully saturated rings. The summed E-state index contributed by atoms with van der Waals surface area (Å²) >= 11 is 5.32. The molecule has 0 aliphatic carbocycles. The summed E-state index contributed by atoms with van der Waals surface area (Å²) in [5, 5.41) is 30.6. The van der Waals surface area contributed by atoms with E-state index in [0.29, 0.717) is 18.8 Å². The third kappa shape index (κ3) is 5.44. The molecule has 0 spiro atoms. The van der Waals surface area contributed by atoms with Crippen molar-refractivity contribution in [2.75, 3.05) is 26.2 Å². The van der Waals surface area contributed by atoms with Crippen LogP contribution in [0.5, 0.6) is 5.75 Å². The van der Waals surface area contributed by atoms with Gasteiger partial charge in [0.1, 0.15) is 9.57 Å². The van der Waals surface area contributed by atoms with E-state index in [1.54, 1.807) is 20.7 Å². The highest BCUT2D eigenvalue weighted by atomic mass is 32.9. The van der Waals surface area contributed by atoms with E-state index >= 15 is 0 Å². The molecule has 8 heteroatoms. The van der Waals surface area contributed by atoms with Crippen molar-refractivity contribution in [2.45, 2.75) is 51.0 Å². The number of piperidine rings is 2. The first-order valence-corrected chi connectivity index (χ1v) is 12.8. The second-order valence-electron chi connectivity index (χ2n) is 8.15. The Morgan fingerprint density at radius 3 is 1.72 bits per heavy atom. The number of phenolic OH excluding ortho intramolecular Hbond substituents is 1. The summed E-state index contributed by atoms with van der Waals surface area (Å²) in [5.74, 6) is 0.379. The molecule has 5 nitrogen and oxygen atoms in total. The number of rotatable bonds is 5. The van der Waals surface area contributed by atoms with Crippen LogP contribution in [0, 0.1) is 3.82 Å². The molecule has 3 heterocycles. The van der Waals surface area contributed by atoms with Gasteiger partial charge in [-0.15, -0.1) is 0 Å². The average Bonchev–Trinajstić information content (AvgIpc) is 3.14. The molecule has 0 atom stereocenters. The Morgan fingerprint density at radius 1 is 0.828 bits per heavy atom. The van der Waals surface area contributed by atoms with Crippen LogP contribution in [0.2, 0.25) is 0 Å². The van der Waals surface area contributed by atoms with Gasteiger partial charge < -0.3 is 15.3 Å². The Balaban J connectivity index is 1.61. The Hall–Kier alpha value is -0.870. The summed E-state index contributed by atoms with van der Waals surface area (Å²) in [5.41, 5.74) is 2.99. The normalized spacial score (nSPS) is 20.3. The zero-order valence-corrected chi connectivity index (χ0v) is 18.9. The molecule has 0 saturated carbocycles. The Bertz CT molecular complexity index is 836. The van der Waals surface area contributed by atoms with Crippen molar-refractivity contribution in [3.05, 3.63) is 33.1 Å². The monoisotopic (exact) mass is 452 g/mol. The summed E-state index contributed by atoms with van der Waals surface area (Å²) in [7, 11) is 3.29. The molecule has 29 heavy (non-hydrogen) atoms. The number of aliphatic hydroxyl groups excluding tert-OH is 2. The van der Waals surface area contributed by atoms with Crippen molar-refractivity contribution in [2.24, 2.45) is 0 Å². The molecule has 158 valence electrons. The highest BCUT2D eigenvalue weighted by molar-refractivity contribution is 7.80. The molecule has 1 aromatic heterocycles. The number of hydrogen-bond donors (Lipinski definition) is 3. The maximum absolute atomic E-state index is 11.1. The lowest BCUT2D eigenvalue weighted by Gasteiger charge is -2.31. The van der Waals surface area contributed by atoms with Gasteiger partial charge in [0.25, 0.3) is 0 Å². The van der Waals surface area contributed by atoms with E-state index in [0.717, 1.165) is 77.3 Å². The van der Waals surface area contributed by atoms with Crippen LogP contribution in [0.1, 0.15) is 36.8 Å². The highest BCUT2D eigenvalue weighted by Gasteiger charge is 2.22. The first-order valence-electron chi connectivity index (χ1n) is 10.2. The molecule has 1 aromatic carbocycles. The van der Waals surface area contributed by atoms with Crippen LogP contribution in [0.3, 0.4) is 0 Å². The zero-order chi connectivity index (χ0) is 20.4. The molecule has 0 radical (unpaired) electrons. The van der Waals surface area contributed by atoms with Gasteiger partial charge in [0.05, 0.1) is 12.2 Å². The van der Waals surface area contributed by atoms with E-state index in [9.17, 15) is 15.3 Å². The van der Waals surface area contributed by atoms with Crippen molar-refractivity contribution in [1.82, 2.24) is 9.80 Å². The summed E-state index contributed by atoms with van der Waals surface area (Å²) in [6.45, 7) is 4.77. The minimum Gasteiger partial charge on any atom is -0.507 e. The van der Waals surface area contributed by atoms with E-state index in [1.165, 1.54) is 0 Å². The maximum atomic E-state index is 11.1. The number of phenols is 1. The van der Waals surface area contributed by atoms with Crippen molar-refractivity contribution in [3.63, 3.8) is 0 Å². The smallest absolute Gasteiger partial charge is 0.124 e. The summed E-state index contributed by atoms with van der Waals surface area (Å²) in [4.78, 5) is 5.76. The lowest BCUT2D eigenvalue weighted by atomic mass is 9.99. The Kier molecular flexibility index (Phi) is 7.01. The Morgan fingerprint density at radius 2 is 1.31 bits per heavy atom. The third-order valence-corrected chi connectivity index (χ3v) is 8.83. The molecule has 0 unspecified atom stereocenters. The second kappa shape index (κ2) is 9.51. The second-order valence-corrected chi connectivity index (χ2v) is 11.1. The van der Waals surface area contributed by atoms with Gasteiger partial charge in [-0.25, -0.2) is 0 Å². The number of aliphatic hydroxyl groups is 2. The zero-order valence-electron chi connectivity index (χ0n) is 16.4. The fourth-order valence-corrected chi connectivity index (χ4v) is 6.54. The third-order valence-electron chi connectivity index (χ3n) is 5.92. The van der Waals surface area contributed by atoms with Crippen LogP contribution in [0.4, 0.5) is 0 Å². The van der Waals surface area contributed by atoms with E-state index in [4.69, 9.17) is 12.2 Å². The quantitative estimate of drug-likeness (QED) is 0.473. The molecule has 2 aliphatic heterocycles. The van der Waals surface area contributed by atoms with Crippen LogP contribution in [0.25, 0.3) is 10.4 Å². The van der Waals surface area contributed by atoms with Crippen LogP contribution >= 0.6 is 32.9 Å². The molecule has 2 saturated heterocycles. The van der Waals surface area contributed by atoms with Gasteiger partial charge in [0.2, 0.25) is 0 Å². The van der Waals surface area contributed by atoms with Crippen LogP contribution in [-0.4, -0.2) is 63.5 Å². The average molecular weight is 453 g/mol. The number of likely N-dealkylation sites (tertiary alicyclic amines) is 2. The molecular weight excluding hydrogens is 424 g/mol. The van der Waals surface area contributed by atoms with Gasteiger partial charge in [0, 0.05) is 55.3 Å². The van der Waals surface area contributed by atoms with E-state index in [2.05, 4.69) is 21.9 Å². The first-order chi connectivity index (χ1) is 14.0. The minimum absolute atomic E-state index is 0.200. The van der Waals surface area contributed by atoms with Gasteiger partial charge in [0.15, 0.2) is 0 Å². The van der Waals surface area contributed by atoms with Crippen molar-refractivity contribution >= 4 is 32.9 Å². The number of benzene rings is 1. The molecule has 0 bridgehead atoms. The number of aromatic hydroxyl groups is 1. The van der Waals surface area contributed by atoms with Crippen molar-refractivity contribution < 1.29 is 15.3 Å². The van der Waals surface area contributed by atoms with Gasteiger partial charge in [-0.2, -0.15) is 0 Å². The standard InChI is InChI=1S/C21H28N2O3S3/c24-17-1-5-22(6-2-17)12-15-9-14(19-11-20(27)29-28-19)10-16(21(15)26)13-23-7-3-18(25)4-8-23/h9-11,17-18,24-26H,1-8,12-13H2. The molecule has 3 N–H and O–H groups in total. The van der Waals surface area contributed by atoms with Crippen molar-refractivity contribution in [1.29, 1.82) is 0 Å². The first kappa shape index (κ1) is 21.4. The topological polar surface area (TPSA) is 67.2 Å². The fourth-order valence-electron chi connectivity index (χ4n) is 4.15. The van der Waals surface area contributed by atoms with Crippen LogP contribution in [-0.2, 0) is 13.1 Å². The van der Waals surface area contributed by atoms with Gasteiger partial charge in [-0.1, -0.05) is 32.9 Å². The maximum Gasteiger partial charge on any atom is 0.124 e. The van der Waals surface area contributed by atoms with Gasteiger partial charge >= 0.3 is 0 Å². The number of hydrogen-bond acceptors (Lipinski definition) is 8. The minimum atomic E-state index is -0.200. The summed E-state index contributed by atoms with van der Waals surface area (Å²) in [6, 6.07) is 6.23. The molecule has 0 amide bonds. The lowest BCUT2D eigenvalue weighted by Crippen LogP contribution is -2.36. The fraction of sp³-hybridized carbons (Fsp3) is 0.571. The van der Waals surface area contributed by atoms with E-state index in [1.807, 2.05) is 6.07 Å². The van der Waals surface area contributed by atoms with Gasteiger partial charge in [-0.3, -0.25) is 9.80 Å². The van der Waals surface area contributed by atoms with E-state index in [-0.39, 0.29) is 12.2 Å². The molecule has 2 aromatic rings. The predicted octanol–water partition coefficient (Wildman–Crippen LogP) is 3.83. The number of nitrogens with zero attached hydrogens (tertiary/aromatic N) is 2. The lowest BCUT2D eigenvalue weighted by molar-refractivity contribution is 0.0779. The molecule has 2 aliphatic rings. The van der Waals surface area contributed by atoms with Crippen LogP contribution < -0.4 is 0 Å². The largest absolute Gasteiger partial charge is 0.507 e. The van der Waals surface area contributed by atoms with Gasteiger partial charge in [-0.05, 0) is 49.4 Å². The van der Waals surface area contributed by atoms with Crippen LogP contribution in [0.15, 0.2) is 18.2 Å². The molecule has 4 rings (SSSR count). The summed E-state index contributed by atoms with van der Waals surface area (Å²) in [6.07, 6.45) is 2.75. The summed E-state index contributed by atoms with van der Waals surface area (Å²) < 4.78 is 0.885. The van der Waals surface area contributed by atoms with E-state index < -0.39 is 0 Å². The predicted molar refractivity (Wildman–Crippen MR) is 121 cm³/mol.